The molecule has 3 rings (SSSR count). The second-order valence-corrected chi connectivity index (χ2v) is 7.12. The van der Waals surface area contributed by atoms with Gasteiger partial charge < -0.3 is 5.32 Å². The fourth-order valence-electron chi connectivity index (χ4n) is 3.75. The minimum Gasteiger partial charge on any atom is -0.309 e. The molecular weight excluding hydrogens is 254 g/mol. The molecule has 0 bridgehead atoms. The smallest absolute Gasteiger partial charge is 0.0408 e. The maximum absolute atomic E-state index is 6.07. The van der Waals surface area contributed by atoms with E-state index in [1.807, 2.05) is 6.07 Å². The standard InChI is InChI=1S/C17H24ClN/c1-17(9-3-2-4-10-17)12-19-16-8-5-13-11-14(18)6-7-15(13)16/h6-7,11,16,19H,2-5,8-10,12H2,1H3. The monoisotopic (exact) mass is 277 g/mol. The van der Waals surface area contributed by atoms with Gasteiger partial charge >= 0.3 is 0 Å². The van der Waals surface area contributed by atoms with Crippen molar-refractivity contribution in [3.8, 4) is 0 Å². The Morgan fingerprint density at radius 3 is 2.84 bits per heavy atom. The summed E-state index contributed by atoms with van der Waals surface area (Å²) in [6.07, 6.45) is 9.43. The summed E-state index contributed by atoms with van der Waals surface area (Å²) >= 11 is 6.07. The second kappa shape index (κ2) is 5.46. The first-order valence-electron chi connectivity index (χ1n) is 7.68. The van der Waals surface area contributed by atoms with Crippen molar-refractivity contribution in [2.24, 2.45) is 5.41 Å². The van der Waals surface area contributed by atoms with Crippen LogP contribution in [0.15, 0.2) is 18.2 Å². The molecule has 1 fully saturated rings. The van der Waals surface area contributed by atoms with Crippen molar-refractivity contribution in [2.75, 3.05) is 6.54 Å². The van der Waals surface area contributed by atoms with Gasteiger partial charge in [-0.25, -0.2) is 0 Å². The Morgan fingerprint density at radius 2 is 2.05 bits per heavy atom. The third-order valence-electron chi connectivity index (χ3n) is 5.02. The molecule has 0 spiro atoms. The van der Waals surface area contributed by atoms with Crippen LogP contribution in [0.4, 0.5) is 0 Å². The number of nitrogens with one attached hydrogen (secondary N) is 1. The topological polar surface area (TPSA) is 12.0 Å². The van der Waals surface area contributed by atoms with Crippen molar-refractivity contribution < 1.29 is 0 Å². The number of hydrogen-bond acceptors (Lipinski definition) is 1. The maximum atomic E-state index is 6.07. The van der Waals surface area contributed by atoms with E-state index in [4.69, 9.17) is 11.6 Å². The van der Waals surface area contributed by atoms with E-state index in [0.29, 0.717) is 11.5 Å². The molecule has 1 saturated carbocycles. The molecule has 1 aromatic carbocycles. The van der Waals surface area contributed by atoms with Crippen LogP contribution in [0, 0.1) is 5.41 Å². The highest BCUT2D eigenvalue weighted by molar-refractivity contribution is 6.30. The zero-order chi connectivity index (χ0) is 13.3. The Kier molecular flexibility index (Phi) is 3.86. The van der Waals surface area contributed by atoms with Gasteiger partial charge in [-0.2, -0.15) is 0 Å². The molecule has 1 N–H and O–H groups in total. The number of benzene rings is 1. The van der Waals surface area contributed by atoms with Crippen LogP contribution in [0.3, 0.4) is 0 Å². The van der Waals surface area contributed by atoms with Crippen molar-refractivity contribution in [1.82, 2.24) is 5.32 Å². The van der Waals surface area contributed by atoms with Crippen molar-refractivity contribution in [3.05, 3.63) is 34.3 Å². The molecule has 0 heterocycles. The maximum Gasteiger partial charge on any atom is 0.0408 e. The normalized spacial score (nSPS) is 25.3. The molecule has 0 saturated heterocycles. The van der Waals surface area contributed by atoms with Crippen molar-refractivity contribution >= 4 is 11.6 Å². The van der Waals surface area contributed by atoms with Gasteiger partial charge in [0.1, 0.15) is 0 Å². The Labute approximate surface area is 121 Å². The molecule has 19 heavy (non-hydrogen) atoms. The highest BCUT2D eigenvalue weighted by Gasteiger charge is 2.29. The molecular formula is C17H24ClN. The lowest BCUT2D eigenvalue weighted by molar-refractivity contribution is 0.200. The third kappa shape index (κ3) is 2.98. The molecule has 0 aliphatic heterocycles. The number of aryl methyl sites for hydroxylation is 1. The molecule has 0 aromatic heterocycles. The van der Waals surface area contributed by atoms with E-state index < -0.39 is 0 Å². The number of halogens is 1. The zero-order valence-corrected chi connectivity index (χ0v) is 12.6. The Bertz CT molecular complexity index is 449. The van der Waals surface area contributed by atoms with E-state index in [-0.39, 0.29) is 0 Å². The molecule has 1 aromatic rings. The van der Waals surface area contributed by atoms with Gasteiger partial charge in [0.05, 0.1) is 0 Å². The average molecular weight is 278 g/mol. The van der Waals surface area contributed by atoms with E-state index in [1.54, 1.807) is 0 Å². The molecule has 104 valence electrons. The molecule has 1 unspecified atom stereocenters. The number of hydrogen-bond donors (Lipinski definition) is 1. The zero-order valence-electron chi connectivity index (χ0n) is 11.8. The largest absolute Gasteiger partial charge is 0.309 e. The fraction of sp³-hybridized carbons (Fsp3) is 0.647. The number of fused-ring (bicyclic) bond motifs is 1. The van der Waals surface area contributed by atoms with E-state index >= 15 is 0 Å². The molecule has 1 nitrogen and oxygen atoms in total. The summed E-state index contributed by atoms with van der Waals surface area (Å²) in [5.74, 6) is 0. The molecule has 2 aliphatic carbocycles. The van der Waals surface area contributed by atoms with Gasteiger partial charge in [0.15, 0.2) is 0 Å². The van der Waals surface area contributed by atoms with Gasteiger partial charge in [-0.05, 0) is 54.4 Å². The van der Waals surface area contributed by atoms with Crippen LogP contribution in [-0.2, 0) is 6.42 Å². The summed E-state index contributed by atoms with van der Waals surface area (Å²) in [5, 5.41) is 4.70. The molecule has 0 amide bonds. The first kappa shape index (κ1) is 13.5. The predicted molar refractivity (Wildman–Crippen MR) is 81.7 cm³/mol. The van der Waals surface area contributed by atoms with Crippen LogP contribution in [-0.4, -0.2) is 6.54 Å². The SMILES string of the molecule is CC1(CNC2CCc3cc(Cl)ccc32)CCCCC1. The molecule has 2 heteroatoms. The molecule has 0 radical (unpaired) electrons. The summed E-state index contributed by atoms with van der Waals surface area (Å²) in [6, 6.07) is 6.93. The first-order chi connectivity index (χ1) is 9.16. The molecule has 1 atom stereocenters. The van der Waals surface area contributed by atoms with Crippen molar-refractivity contribution in [2.45, 2.75) is 57.9 Å². The second-order valence-electron chi connectivity index (χ2n) is 6.69. The van der Waals surface area contributed by atoms with Crippen molar-refractivity contribution in [3.63, 3.8) is 0 Å². The quantitative estimate of drug-likeness (QED) is 0.830. The predicted octanol–water partition coefficient (Wildman–Crippen LogP) is 4.89. The van der Waals surface area contributed by atoms with Crippen LogP contribution in [0.5, 0.6) is 0 Å². The minimum atomic E-state index is 0.521. The number of rotatable bonds is 3. The highest BCUT2D eigenvalue weighted by atomic mass is 35.5. The van der Waals surface area contributed by atoms with Crippen LogP contribution in [0.25, 0.3) is 0 Å². The summed E-state index contributed by atoms with van der Waals surface area (Å²) in [6.45, 7) is 3.62. The van der Waals surface area contributed by atoms with Gasteiger partial charge in [-0.15, -0.1) is 0 Å². The summed E-state index contributed by atoms with van der Waals surface area (Å²) in [7, 11) is 0. The van der Waals surface area contributed by atoms with Gasteiger partial charge in [0.2, 0.25) is 0 Å². The van der Waals surface area contributed by atoms with Gasteiger partial charge in [0.25, 0.3) is 0 Å². The van der Waals surface area contributed by atoms with Crippen LogP contribution in [0.1, 0.15) is 62.6 Å². The van der Waals surface area contributed by atoms with Gasteiger partial charge in [0, 0.05) is 17.6 Å². The van der Waals surface area contributed by atoms with E-state index in [0.717, 1.165) is 5.02 Å². The first-order valence-corrected chi connectivity index (χ1v) is 8.06. The highest BCUT2D eigenvalue weighted by Crippen LogP contribution is 2.37. The Balaban J connectivity index is 1.63. The van der Waals surface area contributed by atoms with E-state index in [2.05, 4.69) is 24.4 Å². The van der Waals surface area contributed by atoms with E-state index in [1.165, 1.54) is 62.6 Å². The van der Waals surface area contributed by atoms with Crippen molar-refractivity contribution in [1.29, 1.82) is 0 Å². The lowest BCUT2D eigenvalue weighted by atomic mass is 9.75. The minimum absolute atomic E-state index is 0.521. The van der Waals surface area contributed by atoms with E-state index in [9.17, 15) is 0 Å². The average Bonchev–Trinajstić information content (AvgIpc) is 2.79. The summed E-state index contributed by atoms with van der Waals surface area (Å²) in [4.78, 5) is 0. The lowest BCUT2D eigenvalue weighted by Crippen LogP contribution is -2.35. The Morgan fingerprint density at radius 1 is 1.26 bits per heavy atom. The van der Waals surface area contributed by atoms with Gasteiger partial charge in [-0.1, -0.05) is 43.9 Å². The van der Waals surface area contributed by atoms with Crippen LogP contribution < -0.4 is 5.32 Å². The van der Waals surface area contributed by atoms with Crippen LogP contribution in [0.2, 0.25) is 5.02 Å². The third-order valence-corrected chi connectivity index (χ3v) is 5.25. The Hall–Kier alpha value is -0.530. The lowest BCUT2D eigenvalue weighted by Gasteiger charge is -2.35. The summed E-state index contributed by atoms with van der Waals surface area (Å²) < 4.78 is 0. The summed E-state index contributed by atoms with van der Waals surface area (Å²) in [5.41, 5.74) is 3.44. The fourth-order valence-corrected chi connectivity index (χ4v) is 3.94. The molecule has 2 aliphatic rings. The van der Waals surface area contributed by atoms with Crippen LogP contribution >= 0.6 is 11.6 Å². The van der Waals surface area contributed by atoms with Gasteiger partial charge in [-0.3, -0.25) is 0 Å².